The van der Waals surface area contributed by atoms with Gasteiger partial charge in [-0.15, -0.1) is 0 Å². The molecule has 0 saturated heterocycles. The van der Waals surface area contributed by atoms with Gasteiger partial charge in [0.25, 0.3) is 0 Å². The minimum absolute atomic E-state index is 0.121. The molecule has 0 fully saturated rings. The Balaban J connectivity index is 2.69. The summed E-state index contributed by atoms with van der Waals surface area (Å²) in [6.07, 6.45) is -5.16. The monoisotopic (exact) mass is 325 g/mol. The average Bonchev–Trinajstić information content (AvgIpc) is 2.28. The van der Waals surface area contributed by atoms with Crippen molar-refractivity contribution in [3.05, 3.63) is 28.2 Å². The Bertz CT molecular complexity index is 395. The number of hydrogen-bond acceptors (Lipinski definition) is 2. The van der Waals surface area contributed by atoms with Gasteiger partial charge in [-0.1, -0.05) is 6.07 Å². The van der Waals surface area contributed by atoms with Crippen molar-refractivity contribution >= 4 is 15.9 Å². The van der Waals surface area contributed by atoms with Gasteiger partial charge in [0.15, 0.2) is 0 Å². The van der Waals surface area contributed by atoms with Crippen LogP contribution in [-0.4, -0.2) is 12.8 Å². The predicted octanol–water partition coefficient (Wildman–Crippen LogP) is 4.19. The van der Waals surface area contributed by atoms with Crippen LogP contribution in [0.15, 0.2) is 22.7 Å². The summed E-state index contributed by atoms with van der Waals surface area (Å²) in [6, 6.07) is 4.47. The fourth-order valence-corrected chi connectivity index (χ4v) is 2.02. The molecule has 1 unspecified atom stereocenters. The van der Waals surface area contributed by atoms with Gasteiger partial charge < -0.3 is 10.5 Å². The van der Waals surface area contributed by atoms with E-state index in [1.807, 2.05) is 6.92 Å². The minimum Gasteiger partial charge on any atom is -0.493 e. The largest absolute Gasteiger partial charge is 0.493 e. The number of nitrogens with two attached hydrogens (primary N) is 1. The Morgan fingerprint density at radius 3 is 2.56 bits per heavy atom. The normalized spacial score (nSPS) is 13.4. The molecule has 0 bridgehead atoms. The Kier molecular flexibility index (Phi) is 5.47. The zero-order valence-corrected chi connectivity index (χ0v) is 11.5. The Morgan fingerprint density at radius 2 is 2.06 bits per heavy atom. The van der Waals surface area contributed by atoms with E-state index in [1.54, 1.807) is 18.2 Å². The molecule has 6 heteroatoms. The van der Waals surface area contributed by atoms with Crippen LogP contribution in [0.5, 0.6) is 5.75 Å². The molecule has 2 nitrogen and oxygen atoms in total. The van der Waals surface area contributed by atoms with E-state index in [9.17, 15) is 13.2 Å². The molecule has 0 amide bonds. The van der Waals surface area contributed by atoms with E-state index in [-0.39, 0.29) is 6.42 Å². The Morgan fingerprint density at radius 1 is 1.39 bits per heavy atom. The maximum Gasteiger partial charge on any atom is 0.389 e. The van der Waals surface area contributed by atoms with Crippen LogP contribution < -0.4 is 10.5 Å². The van der Waals surface area contributed by atoms with E-state index in [4.69, 9.17) is 10.5 Å². The molecule has 1 rings (SSSR count). The van der Waals surface area contributed by atoms with Crippen molar-refractivity contribution in [2.75, 3.05) is 6.61 Å². The zero-order chi connectivity index (χ0) is 13.8. The fraction of sp³-hybridized carbons (Fsp3) is 0.500. The standard InChI is InChI=1S/C12H15BrF3NO/c1-2-18-11-4-3-8(7-9(11)13)10(17)5-6-12(14,15)16/h3-4,7,10H,2,5-6,17H2,1H3. The molecule has 1 aromatic rings. The molecular weight excluding hydrogens is 311 g/mol. The lowest BCUT2D eigenvalue weighted by Crippen LogP contribution is -2.15. The third-order valence-corrected chi connectivity index (χ3v) is 3.04. The van der Waals surface area contributed by atoms with Crippen molar-refractivity contribution in [2.24, 2.45) is 5.73 Å². The first-order valence-corrected chi connectivity index (χ1v) is 6.37. The van der Waals surface area contributed by atoms with E-state index in [2.05, 4.69) is 15.9 Å². The summed E-state index contributed by atoms with van der Waals surface area (Å²) in [5.74, 6) is 0.657. The topological polar surface area (TPSA) is 35.2 Å². The first-order chi connectivity index (χ1) is 8.33. The molecule has 0 radical (unpaired) electrons. The summed E-state index contributed by atoms with van der Waals surface area (Å²) in [6.45, 7) is 2.38. The van der Waals surface area contributed by atoms with Crippen LogP contribution in [0.2, 0.25) is 0 Å². The molecule has 0 aliphatic carbocycles. The van der Waals surface area contributed by atoms with E-state index in [0.29, 0.717) is 22.4 Å². The second-order valence-electron chi connectivity index (χ2n) is 3.88. The average molecular weight is 326 g/mol. The lowest BCUT2D eigenvalue weighted by atomic mass is 10.0. The number of hydrogen-bond donors (Lipinski definition) is 1. The molecule has 0 aliphatic heterocycles. The number of halogens is 4. The zero-order valence-electron chi connectivity index (χ0n) is 9.93. The molecule has 102 valence electrons. The minimum atomic E-state index is -4.17. The van der Waals surface area contributed by atoms with Gasteiger partial charge >= 0.3 is 6.18 Å². The van der Waals surface area contributed by atoms with Gasteiger partial charge in [-0.25, -0.2) is 0 Å². The smallest absolute Gasteiger partial charge is 0.389 e. The molecule has 0 spiro atoms. The molecule has 0 saturated carbocycles. The number of benzene rings is 1. The maximum absolute atomic E-state index is 12.1. The summed E-state index contributed by atoms with van der Waals surface area (Å²) in [5.41, 5.74) is 6.40. The van der Waals surface area contributed by atoms with Crippen molar-refractivity contribution in [1.29, 1.82) is 0 Å². The fourth-order valence-electron chi connectivity index (χ4n) is 1.51. The highest BCUT2D eigenvalue weighted by Gasteiger charge is 2.27. The lowest BCUT2D eigenvalue weighted by molar-refractivity contribution is -0.136. The Labute approximate surface area is 112 Å². The van der Waals surface area contributed by atoms with Crippen molar-refractivity contribution in [3.63, 3.8) is 0 Å². The second kappa shape index (κ2) is 6.43. The van der Waals surface area contributed by atoms with Gasteiger partial charge in [0, 0.05) is 12.5 Å². The van der Waals surface area contributed by atoms with Crippen molar-refractivity contribution in [1.82, 2.24) is 0 Å². The molecule has 1 aromatic carbocycles. The molecule has 2 N–H and O–H groups in total. The van der Waals surface area contributed by atoms with E-state index in [1.165, 1.54) is 0 Å². The van der Waals surface area contributed by atoms with E-state index in [0.717, 1.165) is 0 Å². The van der Waals surface area contributed by atoms with Gasteiger partial charge in [0.1, 0.15) is 5.75 Å². The van der Waals surface area contributed by atoms with Crippen molar-refractivity contribution in [3.8, 4) is 5.75 Å². The SMILES string of the molecule is CCOc1ccc(C(N)CCC(F)(F)F)cc1Br. The molecule has 18 heavy (non-hydrogen) atoms. The third-order valence-electron chi connectivity index (χ3n) is 2.42. The molecule has 0 aliphatic rings. The third kappa shape index (κ3) is 4.86. The number of rotatable bonds is 5. The Hall–Kier alpha value is -0.750. The number of alkyl halides is 3. The highest BCUT2D eigenvalue weighted by Crippen LogP contribution is 2.31. The summed E-state index contributed by atoms with van der Waals surface area (Å²) in [7, 11) is 0. The van der Waals surface area contributed by atoms with Crippen LogP contribution >= 0.6 is 15.9 Å². The van der Waals surface area contributed by atoms with Gasteiger partial charge in [-0.05, 0) is 47.0 Å². The molecule has 0 heterocycles. The lowest BCUT2D eigenvalue weighted by Gasteiger charge is -2.15. The quantitative estimate of drug-likeness (QED) is 0.880. The maximum atomic E-state index is 12.1. The molecule has 1 atom stereocenters. The van der Waals surface area contributed by atoms with E-state index >= 15 is 0 Å². The van der Waals surface area contributed by atoms with Gasteiger partial charge in [0.2, 0.25) is 0 Å². The summed E-state index contributed by atoms with van der Waals surface area (Å²) < 4.78 is 42.3. The van der Waals surface area contributed by atoms with Crippen LogP contribution in [0.4, 0.5) is 13.2 Å². The number of ether oxygens (including phenoxy) is 1. The first-order valence-electron chi connectivity index (χ1n) is 5.58. The van der Waals surface area contributed by atoms with Gasteiger partial charge in [-0.2, -0.15) is 13.2 Å². The predicted molar refractivity (Wildman–Crippen MR) is 67.5 cm³/mol. The van der Waals surface area contributed by atoms with Crippen LogP contribution in [0, 0.1) is 0 Å². The van der Waals surface area contributed by atoms with Crippen LogP contribution in [0.1, 0.15) is 31.4 Å². The van der Waals surface area contributed by atoms with Crippen molar-refractivity contribution < 1.29 is 17.9 Å². The molecule has 0 aromatic heterocycles. The van der Waals surface area contributed by atoms with Crippen LogP contribution in [-0.2, 0) is 0 Å². The second-order valence-corrected chi connectivity index (χ2v) is 4.74. The highest BCUT2D eigenvalue weighted by atomic mass is 79.9. The highest BCUT2D eigenvalue weighted by molar-refractivity contribution is 9.10. The molecular formula is C12H15BrF3NO. The van der Waals surface area contributed by atoms with Crippen molar-refractivity contribution in [2.45, 2.75) is 32.0 Å². The first kappa shape index (κ1) is 15.3. The van der Waals surface area contributed by atoms with Gasteiger partial charge in [-0.3, -0.25) is 0 Å². The van der Waals surface area contributed by atoms with E-state index < -0.39 is 18.6 Å². The van der Waals surface area contributed by atoms with Crippen LogP contribution in [0.25, 0.3) is 0 Å². The summed E-state index contributed by atoms with van der Waals surface area (Å²) >= 11 is 3.30. The summed E-state index contributed by atoms with van der Waals surface area (Å²) in [5, 5.41) is 0. The van der Waals surface area contributed by atoms with Gasteiger partial charge in [0.05, 0.1) is 11.1 Å². The summed E-state index contributed by atoms with van der Waals surface area (Å²) in [4.78, 5) is 0. The van der Waals surface area contributed by atoms with Crippen LogP contribution in [0.3, 0.4) is 0 Å².